The Hall–Kier alpha value is -0.990. The van der Waals surface area contributed by atoms with Crippen molar-refractivity contribution >= 4 is 29.9 Å². The predicted octanol–water partition coefficient (Wildman–Crippen LogP) is 4.18. The molecule has 0 aliphatic heterocycles. The molecule has 0 radical (unpaired) electrons. The Bertz CT molecular complexity index is 444. The third-order valence-electron chi connectivity index (χ3n) is 3.04. The lowest BCUT2D eigenvalue weighted by Crippen LogP contribution is -2.37. The van der Waals surface area contributed by atoms with Crippen LogP contribution in [0.5, 0.6) is 0 Å². The van der Waals surface area contributed by atoms with Gasteiger partial charge in [-0.05, 0) is 24.1 Å². The summed E-state index contributed by atoms with van der Waals surface area (Å²) < 4.78 is 37.3. The molecule has 0 fully saturated rings. The Balaban J connectivity index is 0.00000441. The molecule has 7 heteroatoms. The van der Waals surface area contributed by atoms with Crippen LogP contribution in [0.2, 0.25) is 0 Å². The molecule has 0 saturated heterocycles. The van der Waals surface area contributed by atoms with Crippen molar-refractivity contribution in [1.29, 1.82) is 0 Å². The number of nitrogens with one attached hydrogen (secondary N) is 2. The molecule has 0 aromatic heterocycles. The van der Waals surface area contributed by atoms with Crippen LogP contribution in [0.25, 0.3) is 0 Å². The second kappa shape index (κ2) is 10.7. The molecule has 126 valence electrons. The van der Waals surface area contributed by atoms with E-state index in [2.05, 4.69) is 22.5 Å². The summed E-state index contributed by atoms with van der Waals surface area (Å²) in [7, 11) is 1.67. The Morgan fingerprint density at radius 3 is 2.23 bits per heavy atom. The van der Waals surface area contributed by atoms with E-state index in [9.17, 15) is 13.2 Å². The molecule has 1 aromatic carbocycles. The van der Waals surface area contributed by atoms with Crippen LogP contribution in [0.4, 0.5) is 13.2 Å². The van der Waals surface area contributed by atoms with Crippen molar-refractivity contribution in [2.24, 2.45) is 4.99 Å². The van der Waals surface area contributed by atoms with Gasteiger partial charge in [-0.25, -0.2) is 0 Å². The van der Waals surface area contributed by atoms with E-state index in [4.69, 9.17) is 0 Å². The second-order valence-electron chi connectivity index (χ2n) is 4.75. The fourth-order valence-electron chi connectivity index (χ4n) is 1.80. The quantitative estimate of drug-likeness (QED) is 0.308. The van der Waals surface area contributed by atoms with Crippen LogP contribution in [0.1, 0.15) is 37.3 Å². The topological polar surface area (TPSA) is 36.4 Å². The van der Waals surface area contributed by atoms with Gasteiger partial charge < -0.3 is 10.6 Å². The summed E-state index contributed by atoms with van der Waals surface area (Å²) in [5.41, 5.74) is 0.146. The molecule has 0 saturated carbocycles. The third kappa shape index (κ3) is 7.86. The van der Waals surface area contributed by atoms with Gasteiger partial charge in [0.2, 0.25) is 0 Å². The van der Waals surface area contributed by atoms with Crippen molar-refractivity contribution in [3.05, 3.63) is 35.4 Å². The van der Waals surface area contributed by atoms with Crippen molar-refractivity contribution in [1.82, 2.24) is 10.6 Å². The smallest absolute Gasteiger partial charge is 0.356 e. The minimum absolute atomic E-state index is 0. The molecule has 0 amide bonds. The summed E-state index contributed by atoms with van der Waals surface area (Å²) in [6.07, 6.45) is -0.914. The van der Waals surface area contributed by atoms with Crippen LogP contribution >= 0.6 is 24.0 Å². The van der Waals surface area contributed by atoms with Gasteiger partial charge >= 0.3 is 6.18 Å². The molecule has 3 nitrogen and oxygen atoms in total. The Kier molecular flexibility index (Phi) is 10.2. The lowest BCUT2D eigenvalue weighted by Gasteiger charge is -2.12. The lowest BCUT2D eigenvalue weighted by molar-refractivity contribution is -0.137. The van der Waals surface area contributed by atoms with E-state index in [1.807, 2.05) is 0 Å². The first-order valence-electron chi connectivity index (χ1n) is 7.08. The normalized spacial score (nSPS) is 11.8. The summed E-state index contributed by atoms with van der Waals surface area (Å²) in [6.45, 7) is 3.41. The lowest BCUT2D eigenvalue weighted by atomic mass is 10.1. The van der Waals surface area contributed by atoms with Crippen LogP contribution in [-0.2, 0) is 12.7 Å². The third-order valence-corrected chi connectivity index (χ3v) is 3.04. The van der Waals surface area contributed by atoms with E-state index in [1.165, 1.54) is 12.1 Å². The molecule has 0 heterocycles. The number of alkyl halides is 3. The number of nitrogens with zero attached hydrogens (tertiary/aromatic N) is 1. The predicted molar refractivity (Wildman–Crippen MR) is 94.6 cm³/mol. The number of aliphatic imine (C=N–C) groups is 1. The van der Waals surface area contributed by atoms with Crippen LogP contribution < -0.4 is 10.6 Å². The van der Waals surface area contributed by atoms with Crippen molar-refractivity contribution in [3.8, 4) is 0 Å². The minimum atomic E-state index is -4.29. The van der Waals surface area contributed by atoms with E-state index < -0.39 is 11.7 Å². The highest BCUT2D eigenvalue weighted by Crippen LogP contribution is 2.28. The van der Waals surface area contributed by atoms with Gasteiger partial charge in [-0.1, -0.05) is 31.9 Å². The number of unbranched alkanes of at least 4 members (excludes halogenated alkanes) is 2. The van der Waals surface area contributed by atoms with Crippen LogP contribution in [0.15, 0.2) is 29.3 Å². The van der Waals surface area contributed by atoms with Gasteiger partial charge in [0.1, 0.15) is 0 Å². The summed E-state index contributed by atoms with van der Waals surface area (Å²) in [4.78, 5) is 4.07. The highest BCUT2D eigenvalue weighted by molar-refractivity contribution is 14.0. The van der Waals surface area contributed by atoms with Gasteiger partial charge in [0.25, 0.3) is 0 Å². The van der Waals surface area contributed by atoms with Crippen molar-refractivity contribution in [3.63, 3.8) is 0 Å². The standard InChI is InChI=1S/C15H22F3N3.HI/c1-3-4-5-10-20-14(19-2)21-11-12-6-8-13(9-7-12)15(16,17)18;/h6-9H,3-5,10-11H2,1-2H3,(H2,19,20,21);1H. The zero-order chi connectivity index (χ0) is 15.7. The van der Waals surface area contributed by atoms with Gasteiger partial charge in [0.05, 0.1) is 5.56 Å². The SMILES string of the molecule is CCCCCNC(=NC)NCc1ccc(C(F)(F)F)cc1.I. The van der Waals surface area contributed by atoms with Crippen LogP contribution in [0.3, 0.4) is 0 Å². The Labute approximate surface area is 146 Å². The monoisotopic (exact) mass is 429 g/mol. The molecule has 0 bridgehead atoms. The maximum absolute atomic E-state index is 12.4. The molecule has 0 aliphatic carbocycles. The van der Waals surface area contributed by atoms with E-state index in [0.29, 0.717) is 12.5 Å². The zero-order valence-corrected chi connectivity index (χ0v) is 15.2. The van der Waals surface area contributed by atoms with Crippen molar-refractivity contribution < 1.29 is 13.2 Å². The Morgan fingerprint density at radius 1 is 1.09 bits per heavy atom. The van der Waals surface area contributed by atoms with E-state index in [-0.39, 0.29) is 24.0 Å². The molecule has 0 spiro atoms. The highest BCUT2D eigenvalue weighted by Gasteiger charge is 2.29. The van der Waals surface area contributed by atoms with Gasteiger partial charge in [-0.15, -0.1) is 24.0 Å². The minimum Gasteiger partial charge on any atom is -0.356 e. The summed E-state index contributed by atoms with van der Waals surface area (Å²) >= 11 is 0. The number of rotatable bonds is 6. The Morgan fingerprint density at radius 2 is 1.73 bits per heavy atom. The molecule has 22 heavy (non-hydrogen) atoms. The van der Waals surface area contributed by atoms with Gasteiger partial charge in [-0.3, -0.25) is 4.99 Å². The number of guanidine groups is 1. The first-order chi connectivity index (χ1) is 9.97. The van der Waals surface area contributed by atoms with E-state index in [1.54, 1.807) is 7.05 Å². The number of hydrogen-bond acceptors (Lipinski definition) is 1. The molecule has 0 atom stereocenters. The van der Waals surface area contributed by atoms with E-state index >= 15 is 0 Å². The summed E-state index contributed by atoms with van der Waals surface area (Å²) in [5, 5.41) is 6.25. The number of benzene rings is 1. The fourth-order valence-corrected chi connectivity index (χ4v) is 1.80. The van der Waals surface area contributed by atoms with Crippen LogP contribution in [-0.4, -0.2) is 19.6 Å². The fraction of sp³-hybridized carbons (Fsp3) is 0.533. The molecule has 2 N–H and O–H groups in total. The summed E-state index contributed by atoms with van der Waals surface area (Å²) in [6, 6.07) is 5.13. The largest absolute Gasteiger partial charge is 0.416 e. The van der Waals surface area contributed by atoms with Gasteiger partial charge in [0.15, 0.2) is 5.96 Å². The maximum Gasteiger partial charge on any atom is 0.416 e. The van der Waals surface area contributed by atoms with Crippen molar-refractivity contribution in [2.75, 3.05) is 13.6 Å². The second-order valence-corrected chi connectivity index (χ2v) is 4.75. The van der Waals surface area contributed by atoms with E-state index in [0.717, 1.165) is 43.5 Å². The molecule has 1 rings (SSSR count). The van der Waals surface area contributed by atoms with Gasteiger partial charge in [-0.2, -0.15) is 13.2 Å². The van der Waals surface area contributed by atoms with Crippen LogP contribution in [0, 0.1) is 0 Å². The molecule has 1 aromatic rings. The number of halogens is 4. The first kappa shape index (κ1) is 21.0. The zero-order valence-electron chi connectivity index (χ0n) is 12.8. The highest BCUT2D eigenvalue weighted by atomic mass is 127. The maximum atomic E-state index is 12.4. The average molecular weight is 429 g/mol. The molecule has 0 aliphatic rings. The summed E-state index contributed by atoms with van der Waals surface area (Å²) in [5.74, 6) is 0.658. The molecular formula is C15H23F3IN3. The van der Waals surface area contributed by atoms with Gasteiger partial charge in [0, 0.05) is 20.1 Å². The first-order valence-corrected chi connectivity index (χ1v) is 7.08. The molecular weight excluding hydrogens is 406 g/mol. The average Bonchev–Trinajstić information content (AvgIpc) is 2.46. The molecule has 0 unspecified atom stereocenters. The van der Waals surface area contributed by atoms with Crippen molar-refractivity contribution in [2.45, 2.75) is 38.9 Å². The number of hydrogen-bond donors (Lipinski definition) is 2.